The molecule has 24 heavy (non-hydrogen) atoms. The Hall–Kier alpha value is -2.76. The molecule has 6 heteroatoms. The molecule has 1 aliphatic heterocycles. The van der Waals surface area contributed by atoms with Gasteiger partial charge in [-0.25, -0.2) is 4.98 Å². The quantitative estimate of drug-likeness (QED) is 0.843. The van der Waals surface area contributed by atoms with Crippen LogP contribution >= 0.6 is 0 Å². The maximum Gasteiger partial charge on any atom is 0.254 e. The number of ether oxygens (including phenoxy) is 3. The number of pyridine rings is 1. The number of aryl methyl sites for hydroxylation is 1. The van der Waals surface area contributed by atoms with Gasteiger partial charge in [-0.3, -0.25) is 4.79 Å². The number of carbonyl (C=O) groups excluding carboxylic acids is 1. The Morgan fingerprint density at radius 3 is 2.38 bits per heavy atom. The van der Waals surface area contributed by atoms with Gasteiger partial charge in [-0.1, -0.05) is 6.07 Å². The van der Waals surface area contributed by atoms with Crippen LogP contribution in [0.5, 0.6) is 17.4 Å². The minimum Gasteiger partial charge on any atom is -0.497 e. The van der Waals surface area contributed by atoms with Crippen molar-refractivity contribution in [1.29, 1.82) is 0 Å². The zero-order valence-electron chi connectivity index (χ0n) is 14.0. The summed E-state index contributed by atoms with van der Waals surface area (Å²) in [5.41, 5.74) is 1.45. The van der Waals surface area contributed by atoms with Crippen LogP contribution in [0.15, 0.2) is 36.4 Å². The van der Waals surface area contributed by atoms with Crippen molar-refractivity contribution in [1.82, 2.24) is 9.88 Å². The zero-order valence-corrected chi connectivity index (χ0v) is 14.0. The Kier molecular flexibility index (Phi) is 4.55. The third-order valence-electron chi connectivity index (χ3n) is 3.88. The van der Waals surface area contributed by atoms with Gasteiger partial charge in [-0.05, 0) is 25.1 Å². The maximum absolute atomic E-state index is 12.6. The number of hydrogen-bond acceptors (Lipinski definition) is 5. The highest BCUT2D eigenvalue weighted by atomic mass is 16.5. The molecule has 126 valence electrons. The lowest BCUT2D eigenvalue weighted by atomic mass is 10.1. The van der Waals surface area contributed by atoms with E-state index in [1.807, 2.05) is 25.1 Å². The Balaban J connectivity index is 1.62. The third kappa shape index (κ3) is 3.42. The van der Waals surface area contributed by atoms with Crippen molar-refractivity contribution in [2.24, 2.45) is 0 Å². The molecule has 0 aliphatic carbocycles. The minimum atomic E-state index is -0.0655. The first-order chi connectivity index (χ1) is 11.6. The number of benzene rings is 1. The van der Waals surface area contributed by atoms with Gasteiger partial charge in [-0.15, -0.1) is 0 Å². The first-order valence-corrected chi connectivity index (χ1v) is 7.71. The number of rotatable bonds is 5. The monoisotopic (exact) mass is 328 g/mol. The smallest absolute Gasteiger partial charge is 0.254 e. The topological polar surface area (TPSA) is 60.9 Å². The van der Waals surface area contributed by atoms with Crippen LogP contribution in [-0.4, -0.2) is 49.2 Å². The molecule has 1 fully saturated rings. The lowest BCUT2D eigenvalue weighted by Gasteiger charge is -2.38. The Bertz CT molecular complexity index is 719. The number of likely N-dealkylation sites (tertiary alicyclic amines) is 1. The van der Waals surface area contributed by atoms with Gasteiger partial charge in [0.1, 0.15) is 17.6 Å². The van der Waals surface area contributed by atoms with Gasteiger partial charge >= 0.3 is 0 Å². The summed E-state index contributed by atoms with van der Waals surface area (Å²) in [6, 6.07) is 10.8. The third-order valence-corrected chi connectivity index (χ3v) is 3.88. The highest BCUT2D eigenvalue weighted by Gasteiger charge is 2.33. The largest absolute Gasteiger partial charge is 0.497 e. The second-order valence-corrected chi connectivity index (χ2v) is 5.67. The Morgan fingerprint density at radius 2 is 1.79 bits per heavy atom. The fraction of sp³-hybridized carbons (Fsp3) is 0.333. The predicted octanol–water partition coefficient (Wildman–Crippen LogP) is 2.31. The van der Waals surface area contributed by atoms with E-state index < -0.39 is 0 Å². The predicted molar refractivity (Wildman–Crippen MR) is 88.8 cm³/mol. The molecule has 1 aromatic carbocycles. The molecule has 0 spiro atoms. The van der Waals surface area contributed by atoms with Crippen LogP contribution in [0.1, 0.15) is 16.1 Å². The number of hydrogen-bond donors (Lipinski definition) is 0. The second kappa shape index (κ2) is 6.78. The summed E-state index contributed by atoms with van der Waals surface area (Å²) in [5, 5.41) is 0. The van der Waals surface area contributed by atoms with Crippen LogP contribution in [0.4, 0.5) is 0 Å². The fourth-order valence-corrected chi connectivity index (χ4v) is 2.55. The molecule has 0 N–H and O–H groups in total. The lowest BCUT2D eigenvalue weighted by molar-refractivity contribution is 0.0159. The van der Waals surface area contributed by atoms with Crippen LogP contribution in [0.2, 0.25) is 0 Å². The molecular formula is C18H20N2O4. The van der Waals surface area contributed by atoms with Gasteiger partial charge in [0.05, 0.1) is 27.3 Å². The van der Waals surface area contributed by atoms with Crippen LogP contribution < -0.4 is 14.2 Å². The molecule has 6 nitrogen and oxygen atoms in total. The fourth-order valence-electron chi connectivity index (χ4n) is 2.55. The van der Waals surface area contributed by atoms with Crippen molar-refractivity contribution in [3.8, 4) is 17.4 Å². The Morgan fingerprint density at radius 1 is 1.12 bits per heavy atom. The van der Waals surface area contributed by atoms with Crippen molar-refractivity contribution in [3.63, 3.8) is 0 Å². The lowest BCUT2D eigenvalue weighted by Crippen LogP contribution is -2.56. The van der Waals surface area contributed by atoms with Crippen LogP contribution in [0.25, 0.3) is 0 Å². The summed E-state index contributed by atoms with van der Waals surface area (Å²) in [4.78, 5) is 18.6. The molecule has 0 unspecified atom stereocenters. The van der Waals surface area contributed by atoms with E-state index in [0.717, 1.165) is 5.69 Å². The number of amides is 1. The Labute approximate surface area is 141 Å². The molecular weight excluding hydrogens is 308 g/mol. The standard InChI is InChI=1S/C18H20N2O4/c1-12-5-4-6-17(19-12)24-16-10-20(11-16)18(21)13-7-14(22-2)9-15(8-13)23-3/h4-9,16H,10-11H2,1-3H3. The van der Waals surface area contributed by atoms with Gasteiger partial charge in [0, 0.05) is 23.4 Å². The maximum atomic E-state index is 12.6. The highest BCUT2D eigenvalue weighted by Crippen LogP contribution is 2.25. The molecule has 0 saturated carbocycles. The first-order valence-electron chi connectivity index (χ1n) is 7.71. The average molecular weight is 328 g/mol. The molecule has 1 saturated heterocycles. The summed E-state index contributed by atoms with van der Waals surface area (Å²) in [7, 11) is 3.12. The molecule has 1 aromatic heterocycles. The molecule has 2 aromatic rings. The van der Waals surface area contributed by atoms with E-state index in [9.17, 15) is 4.79 Å². The number of carbonyl (C=O) groups is 1. The van der Waals surface area contributed by atoms with Gasteiger partial charge in [0.2, 0.25) is 5.88 Å². The van der Waals surface area contributed by atoms with E-state index in [0.29, 0.717) is 36.0 Å². The number of aromatic nitrogens is 1. The normalized spacial score (nSPS) is 14.0. The van der Waals surface area contributed by atoms with Crippen LogP contribution in [-0.2, 0) is 0 Å². The van der Waals surface area contributed by atoms with Gasteiger partial charge in [0.15, 0.2) is 0 Å². The van der Waals surface area contributed by atoms with E-state index in [-0.39, 0.29) is 12.0 Å². The zero-order chi connectivity index (χ0) is 17.1. The molecule has 1 aliphatic rings. The molecule has 3 rings (SSSR count). The summed E-state index contributed by atoms with van der Waals surface area (Å²) in [6.07, 6.45) is -0.0317. The minimum absolute atomic E-state index is 0.0317. The molecule has 1 amide bonds. The van der Waals surface area contributed by atoms with E-state index in [1.165, 1.54) is 0 Å². The first kappa shape index (κ1) is 16.1. The highest BCUT2D eigenvalue weighted by molar-refractivity contribution is 5.95. The van der Waals surface area contributed by atoms with Crippen molar-refractivity contribution in [2.45, 2.75) is 13.0 Å². The molecule has 0 bridgehead atoms. The molecule has 0 radical (unpaired) electrons. The number of nitrogens with zero attached hydrogens (tertiary/aromatic N) is 2. The average Bonchev–Trinajstić information content (AvgIpc) is 2.56. The summed E-state index contributed by atoms with van der Waals surface area (Å²) in [6.45, 7) is 2.99. The van der Waals surface area contributed by atoms with Crippen molar-refractivity contribution in [3.05, 3.63) is 47.7 Å². The molecule has 2 heterocycles. The number of methoxy groups -OCH3 is 2. The SMILES string of the molecule is COc1cc(OC)cc(C(=O)N2CC(Oc3cccc(C)n3)C2)c1. The van der Waals surface area contributed by atoms with Crippen LogP contribution in [0, 0.1) is 6.92 Å². The summed E-state index contributed by atoms with van der Waals surface area (Å²) < 4.78 is 16.2. The van der Waals surface area contributed by atoms with Crippen molar-refractivity contribution in [2.75, 3.05) is 27.3 Å². The summed E-state index contributed by atoms with van der Waals surface area (Å²) in [5.74, 6) is 1.71. The van der Waals surface area contributed by atoms with Crippen molar-refractivity contribution < 1.29 is 19.0 Å². The van der Waals surface area contributed by atoms with Gasteiger partial charge in [0.25, 0.3) is 5.91 Å². The van der Waals surface area contributed by atoms with E-state index >= 15 is 0 Å². The van der Waals surface area contributed by atoms with Crippen LogP contribution in [0.3, 0.4) is 0 Å². The van der Waals surface area contributed by atoms with E-state index in [1.54, 1.807) is 37.3 Å². The van der Waals surface area contributed by atoms with Gasteiger partial charge < -0.3 is 19.1 Å². The van der Waals surface area contributed by atoms with Gasteiger partial charge in [-0.2, -0.15) is 0 Å². The van der Waals surface area contributed by atoms with Crippen molar-refractivity contribution >= 4 is 5.91 Å². The summed E-state index contributed by atoms with van der Waals surface area (Å²) >= 11 is 0. The van der Waals surface area contributed by atoms with E-state index in [2.05, 4.69) is 4.98 Å². The second-order valence-electron chi connectivity index (χ2n) is 5.67. The molecule has 0 atom stereocenters. The van der Waals surface area contributed by atoms with E-state index in [4.69, 9.17) is 14.2 Å².